The third-order valence-electron chi connectivity index (χ3n) is 4.68. The van der Waals surface area contributed by atoms with E-state index >= 15 is 0 Å². The number of rotatable bonds is 7. The second-order valence-electron chi connectivity index (χ2n) is 6.67. The van der Waals surface area contributed by atoms with E-state index < -0.39 is 11.2 Å². The standard InChI is InChI=1S/C19H23ClN6O3/c1-3-5-8-25-17(21)16(18(28)23-19(25)29)24(4-2)11-13-9-15(27)26-10-12(20)6-7-14(26)22-13/h6-7,9-10H,3-5,8,11,21H2,1-2H3,(H,23,28,29). The van der Waals surface area contributed by atoms with Gasteiger partial charge in [0, 0.05) is 25.4 Å². The van der Waals surface area contributed by atoms with Crippen LogP contribution < -0.4 is 27.4 Å². The van der Waals surface area contributed by atoms with Gasteiger partial charge in [0.05, 0.1) is 17.3 Å². The molecule has 10 heteroatoms. The Labute approximate surface area is 171 Å². The summed E-state index contributed by atoms with van der Waals surface area (Å²) in [6.07, 6.45) is 3.14. The minimum absolute atomic E-state index is 0.110. The number of H-pyrrole nitrogens is 1. The van der Waals surface area contributed by atoms with Crippen LogP contribution in [0.4, 0.5) is 11.5 Å². The number of aromatic nitrogens is 4. The average Bonchev–Trinajstić information content (AvgIpc) is 2.67. The van der Waals surface area contributed by atoms with E-state index in [-0.39, 0.29) is 23.6 Å². The number of anilines is 2. The van der Waals surface area contributed by atoms with Crippen molar-refractivity contribution in [2.24, 2.45) is 0 Å². The van der Waals surface area contributed by atoms with Crippen LogP contribution in [-0.2, 0) is 13.1 Å². The molecule has 0 spiro atoms. The molecule has 29 heavy (non-hydrogen) atoms. The van der Waals surface area contributed by atoms with E-state index in [2.05, 4.69) is 9.97 Å². The summed E-state index contributed by atoms with van der Waals surface area (Å²) in [6.45, 7) is 4.89. The third kappa shape index (κ3) is 4.19. The first-order valence-corrected chi connectivity index (χ1v) is 9.78. The number of nitrogens with zero attached hydrogens (tertiary/aromatic N) is 4. The summed E-state index contributed by atoms with van der Waals surface area (Å²) in [5, 5.41) is 0.429. The van der Waals surface area contributed by atoms with Crippen LogP contribution in [0.5, 0.6) is 0 Å². The zero-order valence-corrected chi connectivity index (χ0v) is 17.1. The molecule has 3 aromatic rings. The van der Waals surface area contributed by atoms with E-state index in [0.29, 0.717) is 29.5 Å². The highest BCUT2D eigenvalue weighted by Gasteiger charge is 2.19. The molecule has 0 aliphatic rings. The molecule has 154 valence electrons. The first-order chi connectivity index (χ1) is 13.8. The Morgan fingerprint density at radius 3 is 2.69 bits per heavy atom. The number of pyridine rings is 1. The second kappa shape index (κ2) is 8.52. The van der Waals surface area contributed by atoms with E-state index in [4.69, 9.17) is 17.3 Å². The van der Waals surface area contributed by atoms with Gasteiger partial charge in [0.15, 0.2) is 0 Å². The zero-order chi connectivity index (χ0) is 21.1. The normalized spacial score (nSPS) is 11.1. The minimum atomic E-state index is -0.564. The SMILES string of the molecule is CCCCn1c(N)c(N(CC)Cc2cc(=O)n3cc(Cl)ccc3n2)c(=O)[nH]c1=O. The molecule has 0 bridgehead atoms. The fourth-order valence-electron chi connectivity index (χ4n) is 3.17. The monoisotopic (exact) mass is 418 g/mol. The van der Waals surface area contributed by atoms with Crippen LogP contribution in [0.3, 0.4) is 0 Å². The molecule has 0 fully saturated rings. The highest BCUT2D eigenvalue weighted by Crippen LogP contribution is 2.19. The molecule has 0 aliphatic carbocycles. The Kier molecular flexibility index (Phi) is 6.07. The second-order valence-corrected chi connectivity index (χ2v) is 7.11. The van der Waals surface area contributed by atoms with Gasteiger partial charge in [0.2, 0.25) is 0 Å². The smallest absolute Gasteiger partial charge is 0.330 e. The van der Waals surface area contributed by atoms with Gasteiger partial charge in [-0.25, -0.2) is 9.78 Å². The van der Waals surface area contributed by atoms with Crippen LogP contribution >= 0.6 is 11.6 Å². The number of hydrogen-bond acceptors (Lipinski definition) is 6. The highest BCUT2D eigenvalue weighted by molar-refractivity contribution is 6.30. The summed E-state index contributed by atoms with van der Waals surface area (Å²) in [5.41, 5.74) is 5.94. The van der Waals surface area contributed by atoms with Gasteiger partial charge in [-0.3, -0.25) is 23.5 Å². The van der Waals surface area contributed by atoms with E-state index in [1.165, 1.54) is 21.2 Å². The Hall–Kier alpha value is -3.07. The number of nitrogens with two attached hydrogens (primary N) is 1. The van der Waals surface area contributed by atoms with Gasteiger partial charge < -0.3 is 10.6 Å². The Bertz CT molecular complexity index is 1210. The molecule has 3 aromatic heterocycles. The van der Waals surface area contributed by atoms with Crippen molar-refractivity contribution in [3.8, 4) is 0 Å². The van der Waals surface area contributed by atoms with Gasteiger partial charge in [0.25, 0.3) is 11.1 Å². The Morgan fingerprint density at radius 1 is 1.24 bits per heavy atom. The van der Waals surface area contributed by atoms with Gasteiger partial charge in [-0.1, -0.05) is 24.9 Å². The number of hydrogen-bond donors (Lipinski definition) is 2. The van der Waals surface area contributed by atoms with Gasteiger partial charge in [-0.2, -0.15) is 0 Å². The molecule has 9 nitrogen and oxygen atoms in total. The van der Waals surface area contributed by atoms with Gasteiger partial charge in [-0.05, 0) is 25.5 Å². The quantitative estimate of drug-likeness (QED) is 0.601. The predicted octanol–water partition coefficient (Wildman–Crippen LogP) is 1.61. The van der Waals surface area contributed by atoms with Gasteiger partial charge >= 0.3 is 5.69 Å². The van der Waals surface area contributed by atoms with Gasteiger partial charge in [-0.15, -0.1) is 0 Å². The van der Waals surface area contributed by atoms with Crippen LogP contribution in [0.15, 0.2) is 38.8 Å². The summed E-state index contributed by atoms with van der Waals surface area (Å²) < 4.78 is 2.72. The number of aromatic amines is 1. The fraction of sp³-hybridized carbons (Fsp3) is 0.368. The fourth-order valence-corrected chi connectivity index (χ4v) is 3.33. The Balaban J connectivity index is 2.04. The molecule has 3 N–H and O–H groups in total. The average molecular weight is 419 g/mol. The van der Waals surface area contributed by atoms with E-state index in [0.717, 1.165) is 12.8 Å². The summed E-state index contributed by atoms with van der Waals surface area (Å²) in [6, 6.07) is 4.69. The molecule has 0 aliphatic heterocycles. The number of fused-ring (bicyclic) bond motifs is 1. The van der Waals surface area contributed by atoms with Crippen LogP contribution in [0.25, 0.3) is 5.65 Å². The molecular weight excluding hydrogens is 396 g/mol. The van der Waals surface area contributed by atoms with Crippen LogP contribution in [-0.4, -0.2) is 25.5 Å². The lowest BCUT2D eigenvalue weighted by atomic mass is 10.3. The molecule has 0 saturated carbocycles. The maximum Gasteiger partial charge on any atom is 0.330 e. The van der Waals surface area contributed by atoms with Crippen molar-refractivity contribution in [3.05, 3.63) is 66.3 Å². The van der Waals surface area contributed by atoms with Crippen molar-refractivity contribution in [3.63, 3.8) is 0 Å². The molecule has 0 aromatic carbocycles. The van der Waals surface area contributed by atoms with Crippen molar-refractivity contribution in [1.82, 2.24) is 18.9 Å². The van der Waals surface area contributed by atoms with Crippen molar-refractivity contribution in [1.29, 1.82) is 0 Å². The maximum atomic E-state index is 12.5. The first kappa shape index (κ1) is 20.7. The topological polar surface area (TPSA) is 118 Å². The minimum Gasteiger partial charge on any atom is -0.383 e. The van der Waals surface area contributed by atoms with E-state index in [1.54, 1.807) is 17.0 Å². The van der Waals surface area contributed by atoms with Crippen LogP contribution in [0.1, 0.15) is 32.4 Å². The summed E-state index contributed by atoms with van der Waals surface area (Å²) in [4.78, 5) is 45.6. The van der Waals surface area contributed by atoms with Crippen molar-refractivity contribution in [2.45, 2.75) is 39.8 Å². The molecular formula is C19H23ClN6O3. The highest BCUT2D eigenvalue weighted by atomic mass is 35.5. The van der Waals surface area contributed by atoms with Gasteiger partial charge in [0.1, 0.15) is 17.2 Å². The number of nitrogens with one attached hydrogen (secondary N) is 1. The Morgan fingerprint density at radius 2 is 2.00 bits per heavy atom. The zero-order valence-electron chi connectivity index (χ0n) is 16.3. The summed E-state index contributed by atoms with van der Waals surface area (Å²) >= 11 is 5.94. The lowest BCUT2D eigenvalue weighted by molar-refractivity contribution is 0.602. The van der Waals surface area contributed by atoms with Crippen LogP contribution in [0, 0.1) is 0 Å². The largest absolute Gasteiger partial charge is 0.383 e. The molecule has 0 atom stereocenters. The van der Waals surface area contributed by atoms with Crippen LogP contribution in [0.2, 0.25) is 5.02 Å². The third-order valence-corrected chi connectivity index (χ3v) is 4.90. The lowest BCUT2D eigenvalue weighted by Gasteiger charge is -2.24. The molecule has 0 saturated heterocycles. The number of halogens is 1. The van der Waals surface area contributed by atoms with Crippen molar-refractivity contribution < 1.29 is 0 Å². The molecule has 0 radical (unpaired) electrons. The summed E-state index contributed by atoms with van der Waals surface area (Å²) in [7, 11) is 0. The van der Waals surface area contributed by atoms with E-state index in [9.17, 15) is 14.4 Å². The van der Waals surface area contributed by atoms with E-state index in [1.807, 2.05) is 13.8 Å². The van der Waals surface area contributed by atoms with Crippen molar-refractivity contribution >= 4 is 28.8 Å². The predicted molar refractivity (Wildman–Crippen MR) is 114 cm³/mol. The summed E-state index contributed by atoms with van der Waals surface area (Å²) in [5.74, 6) is 0.110. The lowest BCUT2D eigenvalue weighted by Crippen LogP contribution is -2.38. The number of nitrogen functional groups attached to an aromatic ring is 1. The molecule has 0 amide bonds. The first-order valence-electron chi connectivity index (χ1n) is 9.41. The maximum absolute atomic E-state index is 12.5. The number of unbranched alkanes of at least 4 members (excludes halogenated alkanes) is 1. The molecule has 3 heterocycles. The molecule has 0 unspecified atom stereocenters. The molecule has 3 rings (SSSR count). The van der Waals surface area contributed by atoms with Crippen molar-refractivity contribution in [2.75, 3.05) is 17.2 Å².